The minimum absolute atomic E-state index is 0.0121. The number of aromatic nitrogens is 1. The zero-order chi connectivity index (χ0) is 15.8. The van der Waals surface area contributed by atoms with Crippen molar-refractivity contribution in [2.24, 2.45) is 0 Å². The van der Waals surface area contributed by atoms with E-state index in [9.17, 15) is 4.79 Å². The van der Waals surface area contributed by atoms with Crippen LogP contribution in [0.3, 0.4) is 0 Å². The maximum atomic E-state index is 12.1. The van der Waals surface area contributed by atoms with Crippen LogP contribution in [0.5, 0.6) is 0 Å². The molecule has 0 saturated carbocycles. The quantitative estimate of drug-likeness (QED) is 0.539. The van der Waals surface area contributed by atoms with Crippen LogP contribution in [0.1, 0.15) is 5.56 Å². The Bertz CT molecular complexity index is 1040. The Balaban J connectivity index is 1.94. The van der Waals surface area contributed by atoms with Crippen molar-refractivity contribution >= 4 is 32.9 Å². The summed E-state index contributed by atoms with van der Waals surface area (Å²) >= 11 is 1.59. The van der Waals surface area contributed by atoms with E-state index in [1.54, 1.807) is 23.5 Å². The standard InChI is InChI=1S/C19H14N2OS/c1-12-6-2-3-7-14(12)20-16-10-13(22)11-18-19(16)21-15-8-4-5-9-17(15)23-18/h2-11,20H,1H3. The summed E-state index contributed by atoms with van der Waals surface area (Å²) in [5.74, 6) is 0. The Morgan fingerprint density at radius 2 is 1.74 bits per heavy atom. The fourth-order valence-corrected chi connectivity index (χ4v) is 3.63. The number of benzene rings is 3. The molecular formula is C19H14N2OS. The number of hydrogen-bond donors (Lipinski definition) is 1. The van der Waals surface area contributed by atoms with Crippen molar-refractivity contribution in [3.8, 4) is 10.6 Å². The fraction of sp³-hybridized carbons (Fsp3) is 0.0526. The molecule has 0 spiro atoms. The lowest BCUT2D eigenvalue weighted by molar-refractivity contribution is 1.37. The summed E-state index contributed by atoms with van der Waals surface area (Å²) < 4.78 is 1.08. The SMILES string of the molecule is Cc1ccccc1Nc1cc(=O)cc2sc3ccccc3nc1-2. The minimum atomic E-state index is -0.0121. The molecule has 3 nitrogen and oxygen atoms in total. The van der Waals surface area contributed by atoms with Crippen LogP contribution in [0.2, 0.25) is 0 Å². The first kappa shape index (κ1) is 13.9. The minimum Gasteiger partial charge on any atom is -0.353 e. The summed E-state index contributed by atoms with van der Waals surface area (Å²) in [7, 11) is 0. The van der Waals surface area contributed by atoms with Crippen LogP contribution in [-0.2, 0) is 0 Å². The van der Waals surface area contributed by atoms with Crippen LogP contribution >= 0.6 is 11.3 Å². The molecule has 1 aliphatic heterocycles. The predicted octanol–water partition coefficient (Wildman–Crippen LogP) is 4.81. The van der Waals surface area contributed by atoms with Crippen LogP contribution in [0.15, 0.2) is 65.5 Å². The zero-order valence-electron chi connectivity index (χ0n) is 12.5. The fourth-order valence-electron chi connectivity index (χ4n) is 2.60. The molecule has 4 rings (SSSR count). The second-order valence-corrected chi connectivity index (χ2v) is 6.52. The van der Waals surface area contributed by atoms with Crippen LogP contribution in [0.25, 0.3) is 20.8 Å². The van der Waals surface area contributed by atoms with Gasteiger partial charge >= 0.3 is 0 Å². The van der Waals surface area contributed by atoms with E-state index < -0.39 is 0 Å². The molecule has 2 aliphatic rings. The topological polar surface area (TPSA) is 42.0 Å². The summed E-state index contributed by atoms with van der Waals surface area (Å²) in [5, 5.41) is 3.36. The molecule has 0 radical (unpaired) electrons. The number of nitrogens with one attached hydrogen (secondary N) is 1. The van der Waals surface area contributed by atoms with E-state index in [0.717, 1.165) is 37.7 Å². The second-order valence-electron chi connectivity index (χ2n) is 5.44. The van der Waals surface area contributed by atoms with Gasteiger partial charge in [-0.15, -0.1) is 11.3 Å². The Hall–Kier alpha value is -2.72. The number of hydrogen-bond acceptors (Lipinski definition) is 4. The highest BCUT2D eigenvalue weighted by Gasteiger charge is 2.14. The van der Waals surface area contributed by atoms with E-state index in [1.165, 1.54) is 0 Å². The highest BCUT2D eigenvalue weighted by Crippen LogP contribution is 2.35. The third-order valence-corrected chi connectivity index (χ3v) is 4.88. The van der Waals surface area contributed by atoms with E-state index in [4.69, 9.17) is 4.98 Å². The maximum Gasteiger partial charge on any atom is 0.182 e. The predicted molar refractivity (Wildman–Crippen MR) is 97.0 cm³/mol. The summed E-state index contributed by atoms with van der Waals surface area (Å²) in [5.41, 5.74) is 4.62. The van der Waals surface area contributed by atoms with E-state index >= 15 is 0 Å². The van der Waals surface area contributed by atoms with Crippen LogP contribution in [0.4, 0.5) is 11.4 Å². The van der Waals surface area contributed by atoms with E-state index in [1.807, 2.05) is 55.5 Å². The van der Waals surface area contributed by atoms with Gasteiger partial charge in [-0.2, -0.15) is 0 Å². The van der Waals surface area contributed by atoms with Gasteiger partial charge in [0.1, 0.15) is 5.69 Å². The molecule has 0 amide bonds. The van der Waals surface area contributed by atoms with Gasteiger partial charge in [0.2, 0.25) is 0 Å². The normalized spacial score (nSPS) is 11.0. The Morgan fingerprint density at radius 3 is 2.61 bits per heavy atom. The van der Waals surface area contributed by atoms with Gasteiger partial charge in [-0.1, -0.05) is 30.3 Å². The molecule has 23 heavy (non-hydrogen) atoms. The van der Waals surface area contributed by atoms with Crippen molar-refractivity contribution in [2.75, 3.05) is 5.32 Å². The largest absolute Gasteiger partial charge is 0.353 e. The monoisotopic (exact) mass is 318 g/mol. The Labute approximate surface area is 137 Å². The van der Waals surface area contributed by atoms with Crippen LogP contribution < -0.4 is 10.7 Å². The molecule has 0 unspecified atom stereocenters. The Kier molecular flexibility index (Phi) is 3.32. The molecule has 1 N–H and O–H groups in total. The van der Waals surface area contributed by atoms with Gasteiger partial charge in [-0.25, -0.2) is 4.98 Å². The van der Waals surface area contributed by atoms with E-state index in [0.29, 0.717) is 0 Å². The molecule has 1 aliphatic carbocycles. The van der Waals surface area contributed by atoms with Gasteiger partial charge in [-0.05, 0) is 30.7 Å². The summed E-state index contributed by atoms with van der Waals surface area (Å²) in [6, 6.07) is 19.3. The first-order valence-corrected chi connectivity index (χ1v) is 8.19. The first-order valence-electron chi connectivity index (χ1n) is 7.37. The van der Waals surface area contributed by atoms with Gasteiger partial charge < -0.3 is 5.32 Å². The summed E-state index contributed by atoms with van der Waals surface area (Å²) in [6.07, 6.45) is 0. The van der Waals surface area contributed by atoms with Crippen molar-refractivity contribution in [1.82, 2.24) is 4.98 Å². The lowest BCUT2D eigenvalue weighted by Crippen LogP contribution is -2.05. The van der Waals surface area contributed by atoms with Gasteiger partial charge in [0.05, 0.1) is 20.8 Å². The molecule has 1 heterocycles. The average molecular weight is 318 g/mol. The van der Waals surface area contributed by atoms with Crippen molar-refractivity contribution in [3.63, 3.8) is 0 Å². The van der Waals surface area contributed by atoms with Gasteiger partial charge in [0, 0.05) is 17.8 Å². The summed E-state index contributed by atoms with van der Waals surface area (Å²) in [4.78, 5) is 17.7. The molecule has 0 fully saturated rings. The van der Waals surface area contributed by atoms with E-state index in [2.05, 4.69) is 5.32 Å². The molecule has 2 aromatic carbocycles. The number of anilines is 2. The average Bonchev–Trinajstić information content (AvgIpc) is 2.55. The van der Waals surface area contributed by atoms with Crippen LogP contribution in [0, 0.1) is 6.92 Å². The van der Waals surface area contributed by atoms with Crippen molar-refractivity contribution < 1.29 is 0 Å². The van der Waals surface area contributed by atoms with Crippen LogP contribution in [-0.4, -0.2) is 4.98 Å². The smallest absolute Gasteiger partial charge is 0.182 e. The molecular weight excluding hydrogens is 304 g/mol. The Morgan fingerprint density at radius 1 is 0.957 bits per heavy atom. The molecule has 0 bridgehead atoms. The number of para-hydroxylation sites is 2. The lowest BCUT2D eigenvalue weighted by Gasteiger charge is -2.14. The molecule has 0 aromatic heterocycles. The van der Waals surface area contributed by atoms with Crippen molar-refractivity contribution in [2.45, 2.75) is 6.92 Å². The lowest BCUT2D eigenvalue weighted by atomic mass is 10.1. The molecule has 0 atom stereocenters. The second kappa shape index (κ2) is 5.48. The molecule has 4 heteroatoms. The molecule has 112 valence electrons. The van der Waals surface area contributed by atoms with Crippen molar-refractivity contribution in [1.29, 1.82) is 0 Å². The van der Waals surface area contributed by atoms with Crippen molar-refractivity contribution in [3.05, 3.63) is 76.5 Å². The van der Waals surface area contributed by atoms with Gasteiger partial charge in [0.15, 0.2) is 5.43 Å². The van der Waals surface area contributed by atoms with E-state index in [-0.39, 0.29) is 5.43 Å². The number of aryl methyl sites for hydroxylation is 1. The first-order chi connectivity index (χ1) is 11.2. The third kappa shape index (κ3) is 2.58. The molecule has 2 aromatic rings. The number of rotatable bonds is 2. The zero-order valence-corrected chi connectivity index (χ0v) is 13.4. The number of fused-ring (bicyclic) bond motifs is 2. The molecule has 0 saturated heterocycles. The van der Waals surface area contributed by atoms with Gasteiger partial charge in [0.25, 0.3) is 0 Å². The highest BCUT2D eigenvalue weighted by atomic mass is 32.1. The number of nitrogens with zero attached hydrogens (tertiary/aromatic N) is 1. The summed E-state index contributed by atoms with van der Waals surface area (Å²) in [6.45, 7) is 2.04. The highest BCUT2D eigenvalue weighted by molar-refractivity contribution is 7.21. The third-order valence-electron chi connectivity index (χ3n) is 3.78. The van der Waals surface area contributed by atoms with Gasteiger partial charge in [-0.3, -0.25) is 4.79 Å². The maximum absolute atomic E-state index is 12.1.